The van der Waals surface area contributed by atoms with Gasteiger partial charge in [0, 0.05) is 30.3 Å². The molecule has 2 atom stereocenters. The van der Waals surface area contributed by atoms with Crippen LogP contribution in [0, 0.1) is 16.0 Å². The van der Waals surface area contributed by atoms with E-state index in [1.807, 2.05) is 11.8 Å². The third-order valence-electron chi connectivity index (χ3n) is 4.54. The van der Waals surface area contributed by atoms with Gasteiger partial charge in [0.2, 0.25) is 0 Å². The number of hydrogen-bond acceptors (Lipinski definition) is 4. The summed E-state index contributed by atoms with van der Waals surface area (Å²) in [6.07, 6.45) is 2.49. The van der Waals surface area contributed by atoms with E-state index in [1.165, 1.54) is 18.3 Å². The number of imidazole rings is 1. The van der Waals surface area contributed by atoms with Crippen LogP contribution in [0.5, 0.6) is 0 Å². The molecule has 1 aromatic carbocycles. The third-order valence-corrected chi connectivity index (χ3v) is 4.54. The summed E-state index contributed by atoms with van der Waals surface area (Å²) in [5.74, 6) is 0.862. The van der Waals surface area contributed by atoms with Crippen LogP contribution in [0.15, 0.2) is 30.5 Å². The fraction of sp³-hybridized carbons (Fsp3) is 0.375. The molecule has 120 valence electrons. The second-order valence-electron chi connectivity index (χ2n) is 5.96. The first-order valence-corrected chi connectivity index (χ1v) is 7.58. The van der Waals surface area contributed by atoms with Gasteiger partial charge >= 0.3 is 0 Å². The molecule has 2 aromatic rings. The molecule has 1 saturated heterocycles. The number of nitrogens with one attached hydrogen (secondary N) is 1. The minimum absolute atomic E-state index is 0.00577. The molecular weight excluding hydrogens is 296 g/mol. The number of amides is 1. The number of hydrogen-bond donors (Lipinski definition) is 1. The number of rotatable bonds is 3. The normalized spacial score (nSPS) is 20.7. The quantitative estimate of drug-likeness (QED) is 0.696. The second-order valence-corrected chi connectivity index (χ2v) is 5.96. The summed E-state index contributed by atoms with van der Waals surface area (Å²) >= 11 is 0. The maximum Gasteiger partial charge on any atom is 0.272 e. The van der Waals surface area contributed by atoms with Crippen molar-refractivity contribution in [2.75, 3.05) is 6.54 Å². The first-order valence-electron chi connectivity index (χ1n) is 7.58. The van der Waals surface area contributed by atoms with Gasteiger partial charge in [-0.05, 0) is 19.3 Å². The lowest BCUT2D eigenvalue weighted by molar-refractivity contribution is -0.384. The van der Waals surface area contributed by atoms with E-state index < -0.39 is 4.92 Å². The summed E-state index contributed by atoms with van der Waals surface area (Å²) in [4.78, 5) is 32.0. The zero-order valence-electron chi connectivity index (χ0n) is 13.0. The predicted molar refractivity (Wildman–Crippen MR) is 85.0 cm³/mol. The Morgan fingerprint density at radius 1 is 1.43 bits per heavy atom. The van der Waals surface area contributed by atoms with E-state index in [-0.39, 0.29) is 17.6 Å². The van der Waals surface area contributed by atoms with Gasteiger partial charge in [0.1, 0.15) is 11.5 Å². The van der Waals surface area contributed by atoms with Crippen molar-refractivity contribution in [2.45, 2.75) is 26.3 Å². The molecule has 1 aliphatic heterocycles. The molecule has 0 spiro atoms. The predicted octanol–water partition coefficient (Wildman–Crippen LogP) is 2.86. The van der Waals surface area contributed by atoms with E-state index in [2.05, 4.69) is 16.9 Å². The minimum Gasteiger partial charge on any atom is -0.334 e. The van der Waals surface area contributed by atoms with Crippen LogP contribution in [0.2, 0.25) is 0 Å². The van der Waals surface area contributed by atoms with Gasteiger partial charge in [0.25, 0.3) is 11.6 Å². The number of carbonyl (C=O) groups is 1. The SMILES string of the molecule is C[C@@H]1CCN(C(=O)c2cnc(-c3cccc([N+](=O)[O-])c3)[nH]2)[C@H]1C. The third kappa shape index (κ3) is 2.81. The Balaban J connectivity index is 1.85. The fourth-order valence-corrected chi connectivity index (χ4v) is 2.88. The van der Waals surface area contributed by atoms with Gasteiger partial charge in [-0.3, -0.25) is 14.9 Å². The average Bonchev–Trinajstić information content (AvgIpc) is 3.15. The smallest absolute Gasteiger partial charge is 0.272 e. The van der Waals surface area contributed by atoms with Crippen LogP contribution < -0.4 is 0 Å². The highest BCUT2D eigenvalue weighted by Gasteiger charge is 2.32. The van der Waals surface area contributed by atoms with Gasteiger partial charge in [0.05, 0.1) is 11.1 Å². The molecule has 0 aliphatic carbocycles. The topological polar surface area (TPSA) is 92.1 Å². The molecule has 23 heavy (non-hydrogen) atoms. The van der Waals surface area contributed by atoms with Gasteiger partial charge in [0.15, 0.2) is 0 Å². The van der Waals surface area contributed by atoms with Crippen molar-refractivity contribution in [3.05, 3.63) is 46.3 Å². The number of carbonyl (C=O) groups excluding carboxylic acids is 1. The molecular formula is C16H18N4O3. The number of H-pyrrole nitrogens is 1. The molecule has 3 rings (SSSR count). The number of benzene rings is 1. The molecule has 1 aliphatic rings. The van der Waals surface area contributed by atoms with Crippen molar-refractivity contribution >= 4 is 11.6 Å². The molecule has 1 fully saturated rings. The van der Waals surface area contributed by atoms with Crippen molar-refractivity contribution in [3.8, 4) is 11.4 Å². The zero-order valence-corrected chi connectivity index (χ0v) is 13.0. The van der Waals surface area contributed by atoms with E-state index in [1.54, 1.807) is 12.1 Å². The highest BCUT2D eigenvalue weighted by molar-refractivity contribution is 5.93. The Labute approximate surface area is 133 Å². The highest BCUT2D eigenvalue weighted by atomic mass is 16.6. The highest BCUT2D eigenvalue weighted by Crippen LogP contribution is 2.26. The van der Waals surface area contributed by atoms with Crippen molar-refractivity contribution in [1.29, 1.82) is 0 Å². The summed E-state index contributed by atoms with van der Waals surface area (Å²) in [6.45, 7) is 4.93. The number of non-ortho nitro benzene ring substituents is 1. The van der Waals surface area contributed by atoms with Crippen LogP contribution in [0.25, 0.3) is 11.4 Å². The van der Waals surface area contributed by atoms with E-state index >= 15 is 0 Å². The van der Waals surface area contributed by atoms with Gasteiger partial charge in [-0.25, -0.2) is 4.98 Å². The number of aromatic amines is 1. The molecule has 0 unspecified atom stereocenters. The fourth-order valence-electron chi connectivity index (χ4n) is 2.88. The Morgan fingerprint density at radius 2 is 2.22 bits per heavy atom. The lowest BCUT2D eigenvalue weighted by atomic mass is 10.1. The standard InChI is InChI=1S/C16H18N4O3/c1-10-6-7-19(11(10)2)16(21)14-9-17-15(18-14)12-4-3-5-13(8-12)20(22)23/h3-5,8-11H,6-7H2,1-2H3,(H,17,18)/t10-,11+/m1/s1. The van der Waals surface area contributed by atoms with Crippen molar-refractivity contribution < 1.29 is 9.72 Å². The van der Waals surface area contributed by atoms with Crippen LogP contribution in [0.3, 0.4) is 0 Å². The van der Waals surface area contributed by atoms with Crippen LogP contribution in [0.1, 0.15) is 30.8 Å². The number of nitro groups is 1. The van der Waals surface area contributed by atoms with E-state index in [0.717, 1.165) is 13.0 Å². The lowest BCUT2D eigenvalue weighted by Crippen LogP contribution is -2.35. The average molecular weight is 314 g/mol. The monoisotopic (exact) mass is 314 g/mol. The molecule has 0 bridgehead atoms. The van der Waals surface area contributed by atoms with Crippen molar-refractivity contribution in [1.82, 2.24) is 14.9 Å². The number of nitro benzene ring substituents is 1. The largest absolute Gasteiger partial charge is 0.334 e. The molecule has 0 radical (unpaired) electrons. The number of aromatic nitrogens is 2. The summed E-state index contributed by atoms with van der Waals surface area (Å²) < 4.78 is 0. The summed E-state index contributed by atoms with van der Waals surface area (Å²) in [7, 11) is 0. The Hall–Kier alpha value is -2.70. The van der Waals surface area contributed by atoms with Crippen molar-refractivity contribution in [3.63, 3.8) is 0 Å². The first kappa shape index (κ1) is 15.2. The Bertz CT molecular complexity index is 755. The maximum atomic E-state index is 12.6. The molecule has 7 nitrogen and oxygen atoms in total. The van der Waals surface area contributed by atoms with Gasteiger partial charge in [-0.1, -0.05) is 19.1 Å². The summed E-state index contributed by atoms with van der Waals surface area (Å²) in [5, 5.41) is 10.9. The zero-order chi connectivity index (χ0) is 16.6. The number of nitrogens with zero attached hydrogens (tertiary/aromatic N) is 3. The van der Waals surface area contributed by atoms with Crippen LogP contribution in [0.4, 0.5) is 5.69 Å². The second kappa shape index (κ2) is 5.83. The van der Waals surface area contributed by atoms with E-state index in [0.29, 0.717) is 23.0 Å². The maximum absolute atomic E-state index is 12.6. The number of likely N-dealkylation sites (tertiary alicyclic amines) is 1. The summed E-state index contributed by atoms with van der Waals surface area (Å²) in [5.41, 5.74) is 0.988. The van der Waals surface area contributed by atoms with E-state index in [4.69, 9.17) is 0 Å². The van der Waals surface area contributed by atoms with Crippen molar-refractivity contribution in [2.24, 2.45) is 5.92 Å². The van der Waals surface area contributed by atoms with Crippen LogP contribution in [-0.2, 0) is 0 Å². The van der Waals surface area contributed by atoms with Crippen LogP contribution in [-0.4, -0.2) is 38.3 Å². The Kier molecular flexibility index (Phi) is 3.85. The molecule has 7 heteroatoms. The molecule has 1 amide bonds. The van der Waals surface area contributed by atoms with E-state index in [9.17, 15) is 14.9 Å². The first-order chi connectivity index (χ1) is 11.0. The molecule has 0 saturated carbocycles. The molecule has 1 N–H and O–H groups in total. The Morgan fingerprint density at radius 3 is 2.87 bits per heavy atom. The van der Waals surface area contributed by atoms with Gasteiger partial charge in [-0.15, -0.1) is 0 Å². The lowest BCUT2D eigenvalue weighted by Gasteiger charge is -2.22. The summed E-state index contributed by atoms with van der Waals surface area (Å²) in [6, 6.07) is 6.38. The molecule has 2 heterocycles. The minimum atomic E-state index is -0.453. The van der Waals surface area contributed by atoms with Gasteiger partial charge in [-0.2, -0.15) is 0 Å². The molecule has 1 aromatic heterocycles. The van der Waals surface area contributed by atoms with Gasteiger partial charge < -0.3 is 9.88 Å². The van der Waals surface area contributed by atoms with Crippen LogP contribution >= 0.6 is 0 Å².